The number of rotatable bonds is 2. The highest BCUT2D eigenvalue weighted by Gasteiger charge is 2.03. The lowest BCUT2D eigenvalue weighted by Crippen LogP contribution is -2.07. The van der Waals surface area contributed by atoms with Gasteiger partial charge in [-0.3, -0.25) is 0 Å². The van der Waals surface area contributed by atoms with Crippen LogP contribution in [0.25, 0.3) is 0 Å². The number of para-hydroxylation sites is 1. The number of hydrogen-bond acceptors (Lipinski definition) is 2. The van der Waals surface area contributed by atoms with E-state index in [-0.39, 0.29) is 0 Å². The Hall–Kier alpha value is -1.12. The number of hydrogen-bond donors (Lipinski definition) is 0. The average Bonchev–Trinajstić information content (AvgIpc) is 2.04. The van der Waals surface area contributed by atoms with Crippen molar-refractivity contribution >= 4 is 13.3 Å². The van der Waals surface area contributed by atoms with Crippen LogP contribution in [-0.4, -0.2) is 22.1 Å². The molecular weight excluding hydrogens is 139 g/mol. The second kappa shape index (κ2) is 3.33. The molecule has 0 atom stereocenters. The van der Waals surface area contributed by atoms with Crippen LogP contribution in [-0.2, 0) is 0 Å². The van der Waals surface area contributed by atoms with E-state index in [1.807, 2.05) is 6.07 Å². The summed E-state index contributed by atoms with van der Waals surface area (Å²) < 4.78 is 10.0. The molecule has 0 amide bonds. The Kier molecular flexibility index (Phi) is 2.42. The van der Waals surface area contributed by atoms with Crippen molar-refractivity contribution in [3.05, 3.63) is 18.2 Å². The van der Waals surface area contributed by atoms with E-state index in [0.29, 0.717) is 17.0 Å². The fourth-order valence-corrected chi connectivity index (χ4v) is 0.912. The quantitative estimate of drug-likeness (QED) is 0.568. The smallest absolute Gasteiger partial charge is 0.160 e. The molecule has 0 unspecified atom stereocenters. The molecule has 0 saturated heterocycles. The van der Waals surface area contributed by atoms with Crippen LogP contribution in [0.3, 0.4) is 0 Å². The van der Waals surface area contributed by atoms with E-state index in [4.69, 9.17) is 17.3 Å². The second-order valence-electron chi connectivity index (χ2n) is 2.08. The molecule has 11 heavy (non-hydrogen) atoms. The molecule has 3 heteroatoms. The highest BCUT2D eigenvalue weighted by atomic mass is 16.5. The van der Waals surface area contributed by atoms with E-state index >= 15 is 0 Å². The van der Waals surface area contributed by atoms with Gasteiger partial charge in [-0.25, -0.2) is 0 Å². The van der Waals surface area contributed by atoms with Gasteiger partial charge >= 0.3 is 0 Å². The maximum Gasteiger partial charge on any atom is 0.160 e. The first-order chi connectivity index (χ1) is 5.29. The largest absolute Gasteiger partial charge is 0.493 e. The van der Waals surface area contributed by atoms with Gasteiger partial charge in [-0.2, -0.15) is 0 Å². The summed E-state index contributed by atoms with van der Waals surface area (Å²) in [5.74, 6) is 1.25. The lowest BCUT2D eigenvalue weighted by atomic mass is 9.95. The molecule has 0 aliphatic carbocycles. The topological polar surface area (TPSA) is 18.5 Å². The molecule has 0 N–H and O–H groups in total. The van der Waals surface area contributed by atoms with E-state index in [2.05, 4.69) is 0 Å². The standard InChI is InChI=1S/C8H9BO2/c1-10-7-5-3-4-6(9)8(7)11-2/h3-5H,1-2H3. The minimum Gasteiger partial charge on any atom is -0.493 e. The van der Waals surface area contributed by atoms with Gasteiger partial charge < -0.3 is 9.47 Å². The third-order valence-electron chi connectivity index (χ3n) is 1.43. The monoisotopic (exact) mass is 148 g/mol. The van der Waals surface area contributed by atoms with Crippen molar-refractivity contribution < 1.29 is 9.47 Å². The molecule has 2 radical (unpaired) electrons. The van der Waals surface area contributed by atoms with Crippen molar-refractivity contribution in [1.29, 1.82) is 0 Å². The number of ether oxygens (including phenoxy) is 2. The lowest BCUT2D eigenvalue weighted by Gasteiger charge is -2.09. The number of methoxy groups -OCH3 is 2. The maximum absolute atomic E-state index is 5.60. The summed E-state index contributed by atoms with van der Waals surface area (Å²) in [6, 6.07) is 5.38. The Labute approximate surface area is 67.5 Å². The zero-order chi connectivity index (χ0) is 8.27. The fourth-order valence-electron chi connectivity index (χ4n) is 0.912. The molecule has 0 saturated carbocycles. The molecule has 0 fully saturated rings. The minimum absolute atomic E-state index is 0.590. The van der Waals surface area contributed by atoms with Crippen molar-refractivity contribution in [2.45, 2.75) is 0 Å². The predicted molar refractivity (Wildman–Crippen MR) is 44.9 cm³/mol. The highest BCUT2D eigenvalue weighted by molar-refractivity contribution is 6.34. The van der Waals surface area contributed by atoms with Crippen LogP contribution in [0.2, 0.25) is 0 Å². The maximum atomic E-state index is 5.60. The lowest BCUT2D eigenvalue weighted by molar-refractivity contribution is 0.357. The summed E-state index contributed by atoms with van der Waals surface area (Å²) in [5, 5.41) is 0. The molecule has 56 valence electrons. The van der Waals surface area contributed by atoms with E-state index in [1.54, 1.807) is 26.4 Å². The predicted octanol–water partition coefficient (Wildman–Crippen LogP) is 0.498. The van der Waals surface area contributed by atoms with Crippen LogP contribution in [0.4, 0.5) is 0 Å². The van der Waals surface area contributed by atoms with Crippen LogP contribution < -0.4 is 14.9 Å². The van der Waals surface area contributed by atoms with Crippen molar-refractivity contribution in [3.63, 3.8) is 0 Å². The summed E-state index contributed by atoms with van der Waals surface area (Å²) in [6.45, 7) is 0. The summed E-state index contributed by atoms with van der Waals surface area (Å²) in [6.07, 6.45) is 0. The Morgan fingerprint density at radius 3 is 2.36 bits per heavy atom. The summed E-state index contributed by atoms with van der Waals surface area (Å²) in [7, 11) is 8.75. The first kappa shape index (κ1) is 7.99. The first-order valence-electron chi connectivity index (χ1n) is 3.26. The molecule has 0 heterocycles. The van der Waals surface area contributed by atoms with Gasteiger partial charge in [-0.1, -0.05) is 17.6 Å². The Morgan fingerprint density at radius 1 is 1.18 bits per heavy atom. The van der Waals surface area contributed by atoms with E-state index in [1.165, 1.54) is 0 Å². The third kappa shape index (κ3) is 1.48. The van der Waals surface area contributed by atoms with Crippen molar-refractivity contribution in [2.24, 2.45) is 0 Å². The second-order valence-corrected chi connectivity index (χ2v) is 2.08. The first-order valence-corrected chi connectivity index (χ1v) is 3.26. The van der Waals surface area contributed by atoms with Gasteiger partial charge in [0.25, 0.3) is 0 Å². The molecule has 1 aromatic carbocycles. The average molecular weight is 148 g/mol. The fraction of sp³-hybridized carbons (Fsp3) is 0.250. The van der Waals surface area contributed by atoms with E-state index in [0.717, 1.165) is 0 Å². The summed E-state index contributed by atoms with van der Waals surface area (Å²) in [5.41, 5.74) is 0.590. The van der Waals surface area contributed by atoms with Gasteiger partial charge in [-0.15, -0.1) is 0 Å². The summed E-state index contributed by atoms with van der Waals surface area (Å²) >= 11 is 0. The molecular formula is C8H9BO2. The molecule has 0 bridgehead atoms. The van der Waals surface area contributed by atoms with Gasteiger partial charge in [0.05, 0.1) is 14.2 Å². The molecule has 2 nitrogen and oxygen atoms in total. The van der Waals surface area contributed by atoms with Gasteiger partial charge in [-0.05, 0) is 6.07 Å². The molecule has 1 rings (SSSR count). The van der Waals surface area contributed by atoms with Crippen LogP contribution in [0.15, 0.2) is 18.2 Å². The normalized spacial score (nSPS) is 9.27. The van der Waals surface area contributed by atoms with Crippen LogP contribution in [0.5, 0.6) is 11.5 Å². The van der Waals surface area contributed by atoms with Gasteiger partial charge in [0.1, 0.15) is 7.85 Å². The van der Waals surface area contributed by atoms with Crippen LogP contribution in [0, 0.1) is 0 Å². The Morgan fingerprint density at radius 2 is 1.91 bits per heavy atom. The third-order valence-corrected chi connectivity index (χ3v) is 1.43. The van der Waals surface area contributed by atoms with Crippen LogP contribution in [0.1, 0.15) is 0 Å². The molecule has 0 aromatic heterocycles. The van der Waals surface area contributed by atoms with Gasteiger partial charge in [0.2, 0.25) is 0 Å². The number of benzene rings is 1. The molecule has 0 spiro atoms. The zero-order valence-electron chi connectivity index (χ0n) is 6.63. The minimum atomic E-state index is 0.590. The van der Waals surface area contributed by atoms with Crippen molar-refractivity contribution in [2.75, 3.05) is 14.2 Å². The summed E-state index contributed by atoms with van der Waals surface area (Å²) in [4.78, 5) is 0. The van der Waals surface area contributed by atoms with E-state index < -0.39 is 0 Å². The van der Waals surface area contributed by atoms with E-state index in [9.17, 15) is 0 Å². The van der Waals surface area contributed by atoms with Crippen molar-refractivity contribution in [1.82, 2.24) is 0 Å². The van der Waals surface area contributed by atoms with Gasteiger partial charge in [0, 0.05) is 0 Å². The highest BCUT2D eigenvalue weighted by Crippen LogP contribution is 2.22. The SMILES string of the molecule is [B]c1cccc(OC)c1OC. The Bertz CT molecular complexity index is 248. The van der Waals surface area contributed by atoms with Crippen molar-refractivity contribution in [3.8, 4) is 11.5 Å². The molecule has 1 aromatic rings. The molecule has 0 aliphatic heterocycles. The van der Waals surface area contributed by atoms with Crippen LogP contribution >= 0.6 is 0 Å². The Balaban J connectivity index is 3.13. The molecule has 0 aliphatic rings. The van der Waals surface area contributed by atoms with Gasteiger partial charge in [0.15, 0.2) is 11.5 Å². The zero-order valence-corrected chi connectivity index (χ0v) is 6.63.